The SMILES string of the molecule is CC(C)[C@H](OC(=O)c1nccnc1N)C(=O)N1CCCc2ccccc21. The molecule has 1 amide bonds. The van der Waals surface area contributed by atoms with Gasteiger partial charge in [-0.15, -0.1) is 0 Å². The average Bonchev–Trinajstić information content (AvgIpc) is 2.65. The molecule has 0 unspecified atom stereocenters. The summed E-state index contributed by atoms with van der Waals surface area (Å²) in [6.45, 7) is 4.28. The third kappa shape index (κ3) is 3.51. The Labute approximate surface area is 152 Å². The normalized spacial score (nSPS) is 14.7. The molecule has 0 saturated heterocycles. The molecule has 3 rings (SSSR count). The van der Waals surface area contributed by atoms with Crippen LogP contribution in [0, 0.1) is 5.92 Å². The highest BCUT2D eigenvalue weighted by Gasteiger charge is 2.34. The summed E-state index contributed by atoms with van der Waals surface area (Å²) in [5.74, 6) is -1.19. The number of hydrogen-bond donors (Lipinski definition) is 1. The van der Waals surface area contributed by atoms with Crippen molar-refractivity contribution in [2.75, 3.05) is 17.2 Å². The van der Waals surface area contributed by atoms with Gasteiger partial charge in [0.05, 0.1) is 0 Å². The molecule has 1 aliphatic rings. The van der Waals surface area contributed by atoms with Crippen molar-refractivity contribution in [1.29, 1.82) is 0 Å². The average molecular weight is 354 g/mol. The Kier molecular flexibility index (Phi) is 5.16. The van der Waals surface area contributed by atoms with E-state index in [2.05, 4.69) is 9.97 Å². The van der Waals surface area contributed by atoms with Crippen molar-refractivity contribution >= 4 is 23.4 Å². The molecule has 26 heavy (non-hydrogen) atoms. The first-order chi connectivity index (χ1) is 12.5. The molecule has 0 aliphatic carbocycles. The summed E-state index contributed by atoms with van der Waals surface area (Å²) in [7, 11) is 0. The number of para-hydroxylation sites is 1. The molecule has 2 N–H and O–H groups in total. The predicted octanol–water partition coefficient (Wildman–Crippen LogP) is 2.22. The number of hydrogen-bond acceptors (Lipinski definition) is 6. The Balaban J connectivity index is 1.84. The van der Waals surface area contributed by atoms with E-state index in [4.69, 9.17) is 10.5 Å². The van der Waals surface area contributed by atoms with Gasteiger partial charge >= 0.3 is 5.97 Å². The maximum atomic E-state index is 13.1. The van der Waals surface area contributed by atoms with Gasteiger partial charge in [0, 0.05) is 24.6 Å². The molecule has 1 aliphatic heterocycles. The largest absolute Gasteiger partial charge is 0.447 e. The maximum Gasteiger partial charge on any atom is 0.361 e. The monoisotopic (exact) mass is 354 g/mol. The van der Waals surface area contributed by atoms with Crippen LogP contribution in [0.4, 0.5) is 11.5 Å². The highest BCUT2D eigenvalue weighted by atomic mass is 16.5. The van der Waals surface area contributed by atoms with Crippen LogP contribution in [0.1, 0.15) is 36.3 Å². The number of ether oxygens (including phenoxy) is 1. The van der Waals surface area contributed by atoms with Crippen LogP contribution in [0.25, 0.3) is 0 Å². The first-order valence-corrected chi connectivity index (χ1v) is 8.65. The smallest absolute Gasteiger partial charge is 0.361 e. The number of nitrogens with two attached hydrogens (primary N) is 1. The number of aryl methyl sites for hydroxylation is 1. The van der Waals surface area contributed by atoms with Crippen molar-refractivity contribution in [1.82, 2.24) is 9.97 Å². The number of benzene rings is 1. The van der Waals surface area contributed by atoms with Crippen LogP contribution in [0.2, 0.25) is 0 Å². The van der Waals surface area contributed by atoms with Crippen LogP contribution in [0.5, 0.6) is 0 Å². The molecule has 7 heteroatoms. The van der Waals surface area contributed by atoms with E-state index in [1.165, 1.54) is 12.4 Å². The minimum atomic E-state index is -0.921. The number of rotatable bonds is 4. The van der Waals surface area contributed by atoms with Crippen molar-refractivity contribution in [3.8, 4) is 0 Å². The topological polar surface area (TPSA) is 98.4 Å². The van der Waals surface area contributed by atoms with Crippen LogP contribution in [0.3, 0.4) is 0 Å². The number of nitrogens with zero attached hydrogens (tertiary/aromatic N) is 3. The first kappa shape index (κ1) is 17.8. The summed E-state index contributed by atoms with van der Waals surface area (Å²) in [5, 5.41) is 0. The van der Waals surface area contributed by atoms with E-state index in [0.29, 0.717) is 6.54 Å². The predicted molar refractivity (Wildman–Crippen MR) is 97.6 cm³/mol. The molecule has 1 aromatic carbocycles. The van der Waals surface area contributed by atoms with Gasteiger partial charge in [-0.3, -0.25) is 4.79 Å². The number of fused-ring (bicyclic) bond motifs is 1. The van der Waals surface area contributed by atoms with E-state index in [1.54, 1.807) is 4.90 Å². The third-order valence-corrected chi connectivity index (χ3v) is 4.38. The third-order valence-electron chi connectivity index (χ3n) is 4.38. The van der Waals surface area contributed by atoms with Gasteiger partial charge in [-0.05, 0) is 30.4 Å². The van der Waals surface area contributed by atoms with E-state index in [0.717, 1.165) is 24.1 Å². The Hall–Kier alpha value is -2.96. The van der Waals surface area contributed by atoms with Crippen molar-refractivity contribution < 1.29 is 14.3 Å². The number of amides is 1. The lowest BCUT2D eigenvalue weighted by atomic mass is 9.99. The molecule has 0 radical (unpaired) electrons. The number of esters is 1. The van der Waals surface area contributed by atoms with Gasteiger partial charge in [0.2, 0.25) is 0 Å². The highest BCUT2D eigenvalue weighted by Crippen LogP contribution is 2.28. The Morgan fingerprint density at radius 3 is 2.65 bits per heavy atom. The van der Waals surface area contributed by atoms with Crippen LogP contribution in [-0.4, -0.2) is 34.5 Å². The fourth-order valence-electron chi connectivity index (χ4n) is 3.06. The summed E-state index contributed by atoms with van der Waals surface area (Å²) >= 11 is 0. The van der Waals surface area contributed by atoms with Gasteiger partial charge in [0.25, 0.3) is 5.91 Å². The molecule has 2 heterocycles. The molecular formula is C19H22N4O3. The molecule has 7 nitrogen and oxygen atoms in total. The fourth-order valence-corrected chi connectivity index (χ4v) is 3.06. The zero-order chi connectivity index (χ0) is 18.7. The second-order valence-electron chi connectivity index (χ2n) is 6.58. The van der Waals surface area contributed by atoms with Gasteiger partial charge in [-0.2, -0.15) is 0 Å². The number of aromatic nitrogens is 2. The molecule has 136 valence electrons. The maximum absolute atomic E-state index is 13.1. The van der Waals surface area contributed by atoms with E-state index < -0.39 is 12.1 Å². The van der Waals surface area contributed by atoms with Crippen LogP contribution in [-0.2, 0) is 16.0 Å². The molecule has 1 aromatic heterocycles. The molecule has 2 aromatic rings. The number of carbonyl (C=O) groups is 2. The zero-order valence-corrected chi connectivity index (χ0v) is 14.9. The summed E-state index contributed by atoms with van der Waals surface area (Å²) in [4.78, 5) is 35.0. The minimum Gasteiger partial charge on any atom is -0.447 e. The standard InChI is InChI=1S/C19H22N4O3/c1-12(2)16(26-19(25)15-17(20)22-10-9-21-15)18(24)23-11-5-7-13-6-3-4-8-14(13)23/h3-4,6,8-10,12,16H,5,7,11H2,1-2H3,(H2,20,22)/t16-/m0/s1. The number of carbonyl (C=O) groups excluding carboxylic acids is 2. The second-order valence-corrected chi connectivity index (χ2v) is 6.58. The lowest BCUT2D eigenvalue weighted by Crippen LogP contribution is -2.46. The molecule has 0 bridgehead atoms. The molecular weight excluding hydrogens is 332 g/mol. The number of nitrogen functional groups attached to an aromatic ring is 1. The van der Waals surface area contributed by atoms with E-state index in [-0.39, 0.29) is 23.3 Å². The molecule has 0 spiro atoms. The van der Waals surface area contributed by atoms with Crippen molar-refractivity contribution in [3.05, 3.63) is 47.9 Å². The van der Waals surface area contributed by atoms with Gasteiger partial charge in [0.1, 0.15) is 0 Å². The van der Waals surface area contributed by atoms with Crippen LogP contribution < -0.4 is 10.6 Å². The summed E-state index contributed by atoms with van der Waals surface area (Å²) in [5.41, 5.74) is 7.61. The first-order valence-electron chi connectivity index (χ1n) is 8.65. The fraction of sp³-hybridized carbons (Fsp3) is 0.368. The van der Waals surface area contributed by atoms with Crippen molar-refractivity contribution in [2.45, 2.75) is 32.8 Å². The van der Waals surface area contributed by atoms with Gasteiger partial charge in [-0.1, -0.05) is 32.0 Å². The zero-order valence-electron chi connectivity index (χ0n) is 14.9. The van der Waals surface area contributed by atoms with Crippen molar-refractivity contribution in [2.24, 2.45) is 5.92 Å². The highest BCUT2D eigenvalue weighted by molar-refractivity contribution is 6.00. The van der Waals surface area contributed by atoms with E-state index in [9.17, 15) is 9.59 Å². The molecule has 0 fully saturated rings. The van der Waals surface area contributed by atoms with Gasteiger partial charge in [0.15, 0.2) is 17.6 Å². The lowest BCUT2D eigenvalue weighted by Gasteiger charge is -2.33. The summed E-state index contributed by atoms with van der Waals surface area (Å²) < 4.78 is 5.50. The quantitative estimate of drug-likeness (QED) is 0.845. The lowest BCUT2D eigenvalue weighted by molar-refractivity contribution is -0.129. The minimum absolute atomic E-state index is 0.0178. The van der Waals surface area contributed by atoms with Gasteiger partial charge < -0.3 is 15.4 Å². The van der Waals surface area contributed by atoms with E-state index >= 15 is 0 Å². The van der Waals surface area contributed by atoms with Crippen LogP contribution in [0.15, 0.2) is 36.7 Å². The molecule has 1 atom stereocenters. The molecule has 0 saturated carbocycles. The Morgan fingerprint density at radius 1 is 1.19 bits per heavy atom. The summed E-state index contributed by atoms with van der Waals surface area (Å²) in [6, 6.07) is 7.81. The van der Waals surface area contributed by atoms with Crippen LogP contribution >= 0.6 is 0 Å². The number of anilines is 2. The Bertz CT molecular complexity index is 822. The van der Waals surface area contributed by atoms with Crippen molar-refractivity contribution in [3.63, 3.8) is 0 Å². The summed E-state index contributed by atoms with van der Waals surface area (Å²) in [6.07, 6.45) is 3.64. The van der Waals surface area contributed by atoms with E-state index in [1.807, 2.05) is 38.1 Å². The second kappa shape index (κ2) is 7.51. The Morgan fingerprint density at radius 2 is 1.92 bits per heavy atom. The van der Waals surface area contributed by atoms with Gasteiger partial charge in [-0.25, -0.2) is 14.8 Å².